The predicted molar refractivity (Wildman–Crippen MR) is 71.2 cm³/mol. The van der Waals surface area contributed by atoms with Gasteiger partial charge in [0.05, 0.1) is 5.69 Å². The highest BCUT2D eigenvalue weighted by molar-refractivity contribution is 6.30. The van der Waals surface area contributed by atoms with Crippen LogP contribution in [0.5, 0.6) is 0 Å². The fourth-order valence-corrected chi connectivity index (χ4v) is 3.05. The van der Waals surface area contributed by atoms with Crippen molar-refractivity contribution in [1.82, 2.24) is 15.1 Å². The van der Waals surface area contributed by atoms with E-state index < -0.39 is 0 Å². The largest absolute Gasteiger partial charge is 0.309 e. The zero-order chi connectivity index (χ0) is 12.6. The highest BCUT2D eigenvalue weighted by atomic mass is 35.5. The van der Waals surface area contributed by atoms with E-state index in [1.165, 1.54) is 19.3 Å². The van der Waals surface area contributed by atoms with Gasteiger partial charge in [0.25, 0.3) is 0 Å². The smallest absolute Gasteiger partial charge is 0.131 e. The van der Waals surface area contributed by atoms with E-state index in [-0.39, 0.29) is 0 Å². The number of aryl methyl sites for hydroxylation is 2. The lowest BCUT2D eigenvalue weighted by atomic mass is 9.87. The van der Waals surface area contributed by atoms with Gasteiger partial charge < -0.3 is 5.32 Å². The Balaban J connectivity index is 2.03. The third-order valence-electron chi connectivity index (χ3n) is 4.05. The minimum Gasteiger partial charge on any atom is -0.309 e. The van der Waals surface area contributed by atoms with Gasteiger partial charge in [0.2, 0.25) is 0 Å². The molecule has 1 atom stereocenters. The van der Waals surface area contributed by atoms with Crippen molar-refractivity contribution in [2.75, 3.05) is 0 Å². The van der Waals surface area contributed by atoms with Crippen LogP contribution in [-0.2, 0) is 13.6 Å². The molecule has 2 rings (SSSR count). The van der Waals surface area contributed by atoms with Crippen molar-refractivity contribution in [1.29, 1.82) is 0 Å². The van der Waals surface area contributed by atoms with E-state index in [9.17, 15) is 0 Å². The summed E-state index contributed by atoms with van der Waals surface area (Å²) in [5.74, 6) is 0. The van der Waals surface area contributed by atoms with E-state index in [1.807, 2.05) is 14.0 Å². The summed E-state index contributed by atoms with van der Waals surface area (Å²) >= 11 is 6.23. The minimum absolute atomic E-state index is 0.405. The number of hydrogen-bond acceptors (Lipinski definition) is 2. The zero-order valence-corrected chi connectivity index (χ0v) is 11.9. The summed E-state index contributed by atoms with van der Waals surface area (Å²) in [5.41, 5.74) is 2.57. The van der Waals surface area contributed by atoms with Crippen LogP contribution in [-0.4, -0.2) is 15.8 Å². The molecule has 0 amide bonds. The molecule has 1 aliphatic rings. The Kier molecular flexibility index (Phi) is 3.50. The molecule has 96 valence electrons. The summed E-state index contributed by atoms with van der Waals surface area (Å²) < 4.78 is 1.74. The van der Waals surface area contributed by atoms with Crippen molar-refractivity contribution in [3.63, 3.8) is 0 Å². The molecule has 1 unspecified atom stereocenters. The molecule has 0 saturated heterocycles. The molecule has 0 bridgehead atoms. The third kappa shape index (κ3) is 2.50. The molecule has 0 aliphatic heterocycles. The van der Waals surface area contributed by atoms with Crippen LogP contribution >= 0.6 is 11.6 Å². The van der Waals surface area contributed by atoms with Crippen molar-refractivity contribution in [3.05, 3.63) is 16.4 Å². The molecule has 1 aromatic rings. The average molecular weight is 256 g/mol. The Labute approximate surface area is 109 Å². The van der Waals surface area contributed by atoms with Gasteiger partial charge in [-0.05, 0) is 25.2 Å². The molecule has 1 heterocycles. The molecular weight excluding hydrogens is 234 g/mol. The van der Waals surface area contributed by atoms with Crippen LogP contribution in [0.1, 0.15) is 44.4 Å². The van der Waals surface area contributed by atoms with E-state index in [0.29, 0.717) is 11.5 Å². The van der Waals surface area contributed by atoms with Gasteiger partial charge in [0, 0.05) is 25.2 Å². The van der Waals surface area contributed by atoms with Gasteiger partial charge in [-0.2, -0.15) is 5.10 Å². The molecule has 1 fully saturated rings. The summed E-state index contributed by atoms with van der Waals surface area (Å²) in [4.78, 5) is 0. The van der Waals surface area contributed by atoms with Crippen LogP contribution in [0.15, 0.2) is 0 Å². The average Bonchev–Trinajstić information content (AvgIpc) is 2.68. The molecule has 3 nitrogen and oxygen atoms in total. The van der Waals surface area contributed by atoms with E-state index >= 15 is 0 Å². The minimum atomic E-state index is 0.405. The normalized spacial score (nSPS) is 23.2. The van der Waals surface area contributed by atoms with Gasteiger partial charge in [-0.25, -0.2) is 0 Å². The van der Waals surface area contributed by atoms with E-state index in [4.69, 9.17) is 11.6 Å². The molecular formula is C13H22ClN3. The van der Waals surface area contributed by atoms with Gasteiger partial charge in [0.1, 0.15) is 5.15 Å². The van der Waals surface area contributed by atoms with Crippen LogP contribution in [0.2, 0.25) is 5.15 Å². The summed E-state index contributed by atoms with van der Waals surface area (Å²) in [6.45, 7) is 7.53. The maximum Gasteiger partial charge on any atom is 0.131 e. The zero-order valence-electron chi connectivity index (χ0n) is 11.2. The topological polar surface area (TPSA) is 29.9 Å². The van der Waals surface area contributed by atoms with Crippen LogP contribution in [0, 0.1) is 12.3 Å². The number of halogens is 1. The molecule has 1 saturated carbocycles. The Morgan fingerprint density at radius 2 is 2.24 bits per heavy atom. The fraction of sp³-hybridized carbons (Fsp3) is 0.769. The van der Waals surface area contributed by atoms with Gasteiger partial charge in [-0.1, -0.05) is 31.9 Å². The number of aromatic nitrogens is 2. The molecule has 1 aliphatic carbocycles. The summed E-state index contributed by atoms with van der Waals surface area (Å²) in [7, 11) is 1.89. The van der Waals surface area contributed by atoms with Crippen LogP contribution in [0.25, 0.3) is 0 Å². The second-order valence-electron chi connectivity index (χ2n) is 5.79. The monoisotopic (exact) mass is 255 g/mol. The second kappa shape index (κ2) is 4.62. The van der Waals surface area contributed by atoms with Crippen molar-refractivity contribution in [2.24, 2.45) is 12.5 Å². The van der Waals surface area contributed by atoms with Crippen LogP contribution < -0.4 is 5.32 Å². The fourth-order valence-electron chi connectivity index (χ4n) is 2.81. The first kappa shape index (κ1) is 12.9. The van der Waals surface area contributed by atoms with Crippen LogP contribution in [0.4, 0.5) is 0 Å². The molecule has 1 aromatic heterocycles. The molecule has 0 radical (unpaired) electrons. The first-order valence-corrected chi connectivity index (χ1v) is 6.71. The lowest BCUT2D eigenvalue weighted by Gasteiger charge is -2.28. The third-order valence-corrected chi connectivity index (χ3v) is 4.53. The number of nitrogens with one attached hydrogen (secondary N) is 1. The Bertz CT molecular complexity index is 409. The number of hydrogen-bond donors (Lipinski definition) is 1. The molecule has 1 N–H and O–H groups in total. The number of rotatable bonds is 3. The molecule has 4 heteroatoms. The van der Waals surface area contributed by atoms with Crippen molar-refractivity contribution < 1.29 is 0 Å². The van der Waals surface area contributed by atoms with Gasteiger partial charge in [-0.3, -0.25) is 4.68 Å². The number of nitrogens with zero attached hydrogens (tertiary/aromatic N) is 2. The van der Waals surface area contributed by atoms with E-state index in [1.54, 1.807) is 4.68 Å². The van der Waals surface area contributed by atoms with E-state index in [2.05, 4.69) is 24.3 Å². The van der Waals surface area contributed by atoms with Crippen molar-refractivity contribution in [2.45, 2.75) is 52.6 Å². The summed E-state index contributed by atoms with van der Waals surface area (Å²) in [6, 6.07) is 0.596. The highest BCUT2D eigenvalue weighted by Crippen LogP contribution is 2.37. The first-order valence-electron chi connectivity index (χ1n) is 6.33. The molecule has 0 spiro atoms. The van der Waals surface area contributed by atoms with E-state index in [0.717, 1.165) is 23.0 Å². The first-order chi connectivity index (χ1) is 7.92. The quantitative estimate of drug-likeness (QED) is 0.900. The van der Waals surface area contributed by atoms with Crippen molar-refractivity contribution in [3.8, 4) is 0 Å². The Morgan fingerprint density at radius 3 is 2.71 bits per heavy atom. The molecule has 17 heavy (non-hydrogen) atoms. The maximum absolute atomic E-state index is 6.23. The lowest BCUT2D eigenvalue weighted by Crippen LogP contribution is -2.37. The highest BCUT2D eigenvalue weighted by Gasteiger charge is 2.34. The Hall–Kier alpha value is -0.540. The van der Waals surface area contributed by atoms with Crippen molar-refractivity contribution >= 4 is 11.6 Å². The standard InChI is InChI=1S/C13H22ClN3/c1-9-10(12(14)17(4)16-9)8-15-11-6-5-7-13(11,2)3/h11,15H,5-8H2,1-4H3. The van der Waals surface area contributed by atoms with Gasteiger partial charge >= 0.3 is 0 Å². The summed E-state index contributed by atoms with van der Waals surface area (Å²) in [5, 5.41) is 8.74. The van der Waals surface area contributed by atoms with Gasteiger partial charge in [-0.15, -0.1) is 0 Å². The molecule has 0 aromatic carbocycles. The van der Waals surface area contributed by atoms with Gasteiger partial charge in [0.15, 0.2) is 0 Å². The SMILES string of the molecule is Cc1nn(C)c(Cl)c1CNC1CCCC1(C)C. The van der Waals surface area contributed by atoms with Crippen LogP contribution in [0.3, 0.4) is 0 Å². The maximum atomic E-state index is 6.23. The lowest BCUT2D eigenvalue weighted by molar-refractivity contribution is 0.282. The second-order valence-corrected chi connectivity index (χ2v) is 6.15. The predicted octanol–water partition coefficient (Wildman–Crippen LogP) is 3.05. The Morgan fingerprint density at radius 1 is 1.53 bits per heavy atom. The summed E-state index contributed by atoms with van der Waals surface area (Å²) in [6.07, 6.45) is 3.90.